The Balaban J connectivity index is 0.000000744. The zero-order chi connectivity index (χ0) is 104. The lowest BCUT2D eigenvalue weighted by molar-refractivity contribution is -0.137. The maximum absolute atomic E-state index is 13.0. The van der Waals surface area contributed by atoms with Gasteiger partial charge in [0.05, 0.1) is 29.1 Å². The molecule has 0 radical (unpaired) electrons. The lowest BCUT2D eigenvalue weighted by Crippen LogP contribution is -2.07. The molecule has 11 aromatic carbocycles. The van der Waals surface area contributed by atoms with E-state index in [4.69, 9.17) is 98.2 Å². The molecular weight excluding hydrogens is 1830 g/mol. The van der Waals surface area contributed by atoms with E-state index in [1.165, 1.54) is 69.1 Å². The van der Waals surface area contributed by atoms with E-state index < -0.39 is 24.2 Å². The minimum absolute atomic E-state index is 0.0197. The first-order chi connectivity index (χ1) is 62.3. The molecule has 0 fully saturated rings. The summed E-state index contributed by atoms with van der Waals surface area (Å²) >= 11 is 40.9. The fraction of sp³-hybridized carbons (Fsp3) is 0.426. The SMILES string of the molecule is CC(C)c1cc(Cl)cc(C(C)(F)F)c1.CC(C)c1cc(Cl)cc(C(F)(F)F)c1.CCc1cc(Cl)cc(C(C)C)c1.CCc1cc(F)cc(C(C)C)c1.COc1cc(OC)cc(C(C)C)c1.Cc1cc(Cl)cc(C(C)C)c1.Cc1cc(Cl)cc(C(C)C)c1.Cc1cc(Cl)cc(C(C)C)c1.Cc1cc(F)cc(C(C)C)c1.Cc1cc(F)cc(C(C)C)c1.[2H]C([2H])(C)Oc1cc(Cl)cc(C(C)C)c1. The van der Waals surface area contributed by atoms with Gasteiger partial charge in [0.1, 0.15) is 34.7 Å². The van der Waals surface area contributed by atoms with Gasteiger partial charge in [-0.2, -0.15) is 13.2 Å². The van der Waals surface area contributed by atoms with Gasteiger partial charge in [-0.1, -0.05) is 290 Å². The molecule has 133 heavy (non-hydrogen) atoms. The molecular formula is C115H149Cl7F8O3. The standard InChI is InChI=1S/C11H13ClF2.C11H15ClO.C11H15Cl.C11H15F.C11H16O2.C10H10ClF3.3C10H13Cl.2C10H13F/c1-7(2)8-4-9(11(3,13)14)6-10(12)5-8;1-4-13-11-6-9(8(2)3)5-10(12)7-11;2*1-4-9-5-10(8(2)3)7-11(12)6-9;1-8(2)9-5-10(12-3)7-11(6-9)13-4;1-6(2)7-3-8(10(12,13)14)5-9(11)4-7;5*1-7(2)9-4-8(3)5-10(11)6-9/h4-7H,1-3H3;5-8H,4H2,1-3H3;2*5-8H,4H2,1-3H3;5-8H,1-4H3;3-6H,1-2H3;5*4-7H,1-3H3/i;4D2;;;;;;;;;. The quantitative estimate of drug-likeness (QED) is 0.0802. The van der Waals surface area contributed by atoms with Crippen LogP contribution in [0.15, 0.2) is 200 Å². The Morgan fingerprint density at radius 1 is 0.256 bits per heavy atom. The average molecular weight is 1980 g/mol. The van der Waals surface area contributed by atoms with Crippen molar-refractivity contribution in [2.45, 2.75) is 305 Å². The number of hydrogen-bond acceptors (Lipinski definition) is 3. The number of hydrogen-bond donors (Lipinski definition) is 0. The summed E-state index contributed by atoms with van der Waals surface area (Å²) in [5, 5.41) is 4.45. The van der Waals surface area contributed by atoms with Crippen molar-refractivity contribution in [1.82, 2.24) is 0 Å². The van der Waals surface area contributed by atoms with Crippen molar-refractivity contribution in [3.63, 3.8) is 0 Å². The van der Waals surface area contributed by atoms with E-state index in [-0.39, 0.29) is 39.9 Å². The van der Waals surface area contributed by atoms with E-state index in [0.29, 0.717) is 74.6 Å². The summed E-state index contributed by atoms with van der Waals surface area (Å²) in [4.78, 5) is 0. The summed E-state index contributed by atoms with van der Waals surface area (Å²) in [5.74, 6) is 3.52. The molecule has 11 rings (SSSR count). The first-order valence-electron chi connectivity index (χ1n) is 46.5. The molecule has 0 unspecified atom stereocenters. The predicted octanol–water partition coefficient (Wildman–Crippen LogP) is 41.1. The van der Waals surface area contributed by atoms with E-state index in [0.717, 1.165) is 108 Å². The summed E-state index contributed by atoms with van der Waals surface area (Å²) in [7, 11) is 3.33. The molecule has 0 heterocycles. The number of methoxy groups -OCH3 is 2. The van der Waals surface area contributed by atoms with Crippen LogP contribution in [0.2, 0.25) is 35.2 Å². The van der Waals surface area contributed by atoms with Crippen LogP contribution in [0.5, 0.6) is 17.2 Å². The van der Waals surface area contributed by atoms with Crippen molar-refractivity contribution in [3.8, 4) is 17.2 Å². The number of aryl methyl sites for hydroxylation is 7. The van der Waals surface area contributed by atoms with E-state index in [2.05, 4.69) is 183 Å². The highest BCUT2D eigenvalue weighted by Crippen LogP contribution is 2.37. The zero-order valence-corrected chi connectivity index (χ0v) is 90.0. The molecule has 732 valence electrons. The van der Waals surface area contributed by atoms with E-state index in [9.17, 15) is 35.1 Å². The summed E-state index contributed by atoms with van der Waals surface area (Å²) in [6.45, 7) is 60.5. The first-order valence-corrected chi connectivity index (χ1v) is 48.2. The van der Waals surface area contributed by atoms with Gasteiger partial charge in [0.25, 0.3) is 5.92 Å². The molecule has 0 aromatic heterocycles. The van der Waals surface area contributed by atoms with Crippen LogP contribution in [0.1, 0.15) is 359 Å². The maximum atomic E-state index is 13.0. The molecule has 0 atom stereocenters. The van der Waals surface area contributed by atoms with Crippen LogP contribution in [0.25, 0.3) is 0 Å². The van der Waals surface area contributed by atoms with Crippen molar-refractivity contribution < 1.29 is 52.1 Å². The summed E-state index contributed by atoms with van der Waals surface area (Å²) in [6.07, 6.45) is -2.37. The first kappa shape index (κ1) is 119. The number of alkyl halides is 5. The highest BCUT2D eigenvalue weighted by atomic mass is 35.5. The highest BCUT2D eigenvalue weighted by molar-refractivity contribution is 6.32. The summed E-state index contributed by atoms with van der Waals surface area (Å²) in [6, 6.07) is 59.9. The van der Waals surface area contributed by atoms with Crippen molar-refractivity contribution in [3.05, 3.63) is 364 Å². The van der Waals surface area contributed by atoms with Gasteiger partial charge < -0.3 is 14.2 Å². The maximum Gasteiger partial charge on any atom is 0.416 e. The van der Waals surface area contributed by atoms with Crippen LogP contribution in [0.3, 0.4) is 0 Å². The van der Waals surface area contributed by atoms with Crippen molar-refractivity contribution >= 4 is 81.2 Å². The predicted molar refractivity (Wildman–Crippen MR) is 562 cm³/mol. The lowest BCUT2D eigenvalue weighted by Gasteiger charge is -2.14. The van der Waals surface area contributed by atoms with E-state index in [1.807, 2.05) is 139 Å². The topological polar surface area (TPSA) is 27.7 Å². The summed E-state index contributed by atoms with van der Waals surface area (Å²) < 4.78 is 132. The molecule has 0 N–H and O–H groups in total. The van der Waals surface area contributed by atoms with Crippen LogP contribution in [0, 0.1) is 52.1 Å². The van der Waals surface area contributed by atoms with Gasteiger partial charge in [-0.3, -0.25) is 0 Å². The Morgan fingerprint density at radius 3 is 0.744 bits per heavy atom. The van der Waals surface area contributed by atoms with Gasteiger partial charge in [0.15, 0.2) is 0 Å². The fourth-order valence-corrected chi connectivity index (χ4v) is 14.4. The Hall–Kier alpha value is -7.71. The molecule has 0 saturated heterocycles. The molecule has 0 saturated carbocycles. The molecule has 18 heteroatoms. The average Bonchev–Trinajstić information content (AvgIpc) is 0.827. The van der Waals surface area contributed by atoms with Crippen LogP contribution < -0.4 is 14.2 Å². The van der Waals surface area contributed by atoms with Gasteiger partial charge in [0, 0.05) is 53.7 Å². The number of ether oxygens (including phenoxy) is 3. The number of rotatable bonds is 18. The summed E-state index contributed by atoms with van der Waals surface area (Å²) in [5.41, 5.74) is 19.6. The van der Waals surface area contributed by atoms with Gasteiger partial charge in [-0.05, 0) is 371 Å². The molecule has 0 aliphatic rings. The molecule has 0 amide bonds. The Morgan fingerprint density at radius 2 is 0.474 bits per heavy atom. The molecule has 11 aromatic rings. The largest absolute Gasteiger partial charge is 0.497 e. The second-order valence-corrected chi connectivity index (χ2v) is 39.7. The fourth-order valence-electron chi connectivity index (χ4n) is 12.5. The molecule has 3 nitrogen and oxygen atoms in total. The van der Waals surface area contributed by atoms with E-state index >= 15 is 0 Å². The van der Waals surface area contributed by atoms with Gasteiger partial charge in [-0.15, -0.1) is 0 Å². The molecule has 0 spiro atoms. The third-order valence-corrected chi connectivity index (χ3v) is 22.1. The minimum atomic E-state index is -4.32. The smallest absolute Gasteiger partial charge is 0.416 e. The van der Waals surface area contributed by atoms with Gasteiger partial charge in [0.2, 0.25) is 0 Å². The van der Waals surface area contributed by atoms with Crippen LogP contribution in [0.4, 0.5) is 35.1 Å². The van der Waals surface area contributed by atoms with Crippen molar-refractivity contribution in [2.75, 3.05) is 20.8 Å². The van der Waals surface area contributed by atoms with Gasteiger partial charge >= 0.3 is 6.18 Å². The third kappa shape index (κ3) is 50.8. The van der Waals surface area contributed by atoms with Crippen LogP contribution in [-0.4, -0.2) is 20.8 Å². The Labute approximate surface area is 834 Å². The number of halogens is 15. The second-order valence-electron chi connectivity index (χ2n) is 36.6. The number of benzene rings is 11. The van der Waals surface area contributed by atoms with Crippen LogP contribution >= 0.6 is 81.2 Å². The van der Waals surface area contributed by atoms with E-state index in [1.54, 1.807) is 68.8 Å². The monoisotopic (exact) mass is 1980 g/mol. The lowest BCUT2D eigenvalue weighted by atomic mass is 9.99. The highest BCUT2D eigenvalue weighted by Gasteiger charge is 2.31. The molecule has 0 aliphatic heterocycles. The van der Waals surface area contributed by atoms with Crippen molar-refractivity contribution in [2.24, 2.45) is 0 Å². The van der Waals surface area contributed by atoms with Crippen LogP contribution in [-0.2, 0) is 24.9 Å². The third-order valence-electron chi connectivity index (χ3n) is 20.6. The molecule has 0 bridgehead atoms. The Bertz CT molecular complexity index is 4790. The molecule has 0 aliphatic carbocycles. The minimum Gasteiger partial charge on any atom is -0.497 e. The van der Waals surface area contributed by atoms with Crippen molar-refractivity contribution in [1.29, 1.82) is 0 Å². The normalized spacial score (nSPS) is 11.3. The zero-order valence-electron chi connectivity index (χ0n) is 86.7. The second kappa shape index (κ2) is 61.5. The van der Waals surface area contributed by atoms with Gasteiger partial charge in [-0.25, -0.2) is 22.0 Å². The Kier molecular flexibility index (Phi) is 55.2.